The van der Waals surface area contributed by atoms with Crippen LogP contribution in [-0.4, -0.2) is 52.5 Å². The van der Waals surface area contributed by atoms with Crippen molar-refractivity contribution in [1.29, 1.82) is 0 Å². The van der Waals surface area contributed by atoms with Gasteiger partial charge in [0.25, 0.3) is 0 Å². The maximum absolute atomic E-state index is 14.0. The zero-order valence-corrected chi connectivity index (χ0v) is 21.9. The SMILES string of the molecule is CC1CCC(C(=O)C(C2=C(C(=O)O)CC(C#CC(C)(C)C)=C2)[C@@H](C)C(=O)N2CC[C@H](CO)C2)CC1. The van der Waals surface area contributed by atoms with E-state index in [1.807, 2.05) is 20.8 Å². The average molecular weight is 484 g/mol. The van der Waals surface area contributed by atoms with Crippen molar-refractivity contribution in [2.45, 2.75) is 73.1 Å². The minimum atomic E-state index is -1.06. The minimum Gasteiger partial charge on any atom is -0.478 e. The summed E-state index contributed by atoms with van der Waals surface area (Å²) in [5.74, 6) is 4.10. The molecule has 2 fully saturated rings. The smallest absolute Gasteiger partial charge is 0.332 e. The fourth-order valence-corrected chi connectivity index (χ4v) is 5.52. The highest BCUT2D eigenvalue weighted by atomic mass is 16.4. The summed E-state index contributed by atoms with van der Waals surface area (Å²) in [4.78, 5) is 41.5. The lowest BCUT2D eigenvalue weighted by Gasteiger charge is -2.32. The highest BCUT2D eigenvalue weighted by molar-refractivity contribution is 5.97. The lowest BCUT2D eigenvalue weighted by atomic mass is 9.72. The fourth-order valence-electron chi connectivity index (χ4n) is 5.52. The lowest BCUT2D eigenvalue weighted by Crippen LogP contribution is -2.41. The van der Waals surface area contributed by atoms with Crippen molar-refractivity contribution in [2.24, 2.45) is 35.0 Å². The number of likely N-dealkylation sites (tertiary alicyclic amines) is 1. The molecule has 6 heteroatoms. The summed E-state index contributed by atoms with van der Waals surface area (Å²) in [5, 5.41) is 19.5. The number of allylic oxidation sites excluding steroid dienone is 3. The highest BCUT2D eigenvalue weighted by Crippen LogP contribution is 2.40. The van der Waals surface area contributed by atoms with Gasteiger partial charge in [0.2, 0.25) is 5.91 Å². The first kappa shape index (κ1) is 27.2. The van der Waals surface area contributed by atoms with Gasteiger partial charge in [-0.1, -0.05) is 38.5 Å². The molecule has 0 spiro atoms. The van der Waals surface area contributed by atoms with Gasteiger partial charge in [-0.2, -0.15) is 0 Å². The molecule has 3 rings (SSSR count). The van der Waals surface area contributed by atoms with Gasteiger partial charge < -0.3 is 15.1 Å². The summed E-state index contributed by atoms with van der Waals surface area (Å²) < 4.78 is 0. The summed E-state index contributed by atoms with van der Waals surface area (Å²) in [7, 11) is 0. The number of carbonyl (C=O) groups is 3. The Morgan fingerprint density at radius 2 is 1.80 bits per heavy atom. The van der Waals surface area contributed by atoms with Gasteiger partial charge in [-0.25, -0.2) is 4.79 Å². The molecule has 2 N–H and O–H groups in total. The lowest BCUT2D eigenvalue weighted by molar-refractivity contribution is -0.140. The number of Topliss-reactive ketones (excluding diaryl/α,β-unsaturated/α-hetero) is 1. The normalized spacial score (nSPS) is 26.6. The number of aliphatic hydroxyl groups is 1. The largest absolute Gasteiger partial charge is 0.478 e. The van der Waals surface area contributed by atoms with Crippen LogP contribution in [0.3, 0.4) is 0 Å². The van der Waals surface area contributed by atoms with E-state index in [1.165, 1.54) is 0 Å². The first-order valence-corrected chi connectivity index (χ1v) is 13.0. The van der Waals surface area contributed by atoms with Crippen LogP contribution in [0.4, 0.5) is 0 Å². The summed E-state index contributed by atoms with van der Waals surface area (Å²) in [6, 6.07) is 0. The number of hydrogen-bond donors (Lipinski definition) is 2. The first-order valence-electron chi connectivity index (χ1n) is 13.0. The monoisotopic (exact) mass is 483 g/mol. The fraction of sp³-hybridized carbons (Fsp3) is 0.690. The van der Waals surface area contributed by atoms with Crippen LogP contribution in [0.25, 0.3) is 0 Å². The molecule has 1 saturated heterocycles. The Morgan fingerprint density at radius 1 is 1.14 bits per heavy atom. The third kappa shape index (κ3) is 6.64. The second-order valence-corrected chi connectivity index (χ2v) is 11.8. The Morgan fingerprint density at radius 3 is 2.34 bits per heavy atom. The van der Waals surface area contributed by atoms with Crippen LogP contribution in [0.15, 0.2) is 22.8 Å². The molecule has 3 atom stereocenters. The molecule has 192 valence electrons. The number of ketones is 1. The van der Waals surface area contributed by atoms with E-state index in [2.05, 4.69) is 18.8 Å². The molecule has 0 aromatic rings. The number of nitrogens with zero attached hydrogens (tertiary/aromatic N) is 1. The van der Waals surface area contributed by atoms with E-state index in [0.29, 0.717) is 30.2 Å². The van der Waals surface area contributed by atoms with Crippen LogP contribution < -0.4 is 0 Å². The van der Waals surface area contributed by atoms with Gasteiger partial charge in [-0.3, -0.25) is 9.59 Å². The Hall–Kier alpha value is -2.39. The second-order valence-electron chi connectivity index (χ2n) is 11.8. The van der Waals surface area contributed by atoms with Crippen molar-refractivity contribution in [3.8, 4) is 11.8 Å². The molecule has 1 amide bonds. The van der Waals surface area contributed by atoms with Crippen LogP contribution in [-0.2, 0) is 14.4 Å². The molecule has 2 aliphatic carbocycles. The third-order valence-corrected chi connectivity index (χ3v) is 7.71. The number of rotatable bonds is 7. The third-order valence-electron chi connectivity index (χ3n) is 7.71. The van der Waals surface area contributed by atoms with Gasteiger partial charge in [0.05, 0.1) is 5.92 Å². The maximum atomic E-state index is 14.0. The molecular formula is C29H41NO5. The number of amides is 1. The van der Waals surface area contributed by atoms with Crippen molar-refractivity contribution >= 4 is 17.7 Å². The van der Waals surface area contributed by atoms with Crippen LogP contribution in [0.1, 0.15) is 73.1 Å². The molecule has 0 bridgehead atoms. The van der Waals surface area contributed by atoms with E-state index in [1.54, 1.807) is 17.9 Å². The van der Waals surface area contributed by atoms with Gasteiger partial charge in [0.1, 0.15) is 5.78 Å². The van der Waals surface area contributed by atoms with Gasteiger partial charge in [0, 0.05) is 60.4 Å². The standard InChI is InChI=1S/C29H41NO5/c1-18-6-8-22(9-7-18)26(32)25(19(2)27(33)30-13-11-21(16-30)17-31)23-14-20(10-12-29(3,4)5)15-24(23)28(34)35/h14,18-19,21-22,25,31H,6-9,11,13,15-17H2,1-5H3,(H,34,35)/t18?,19-,21+,22?,25?/m1/s1. The molecule has 1 aliphatic heterocycles. The van der Waals surface area contributed by atoms with Crippen molar-refractivity contribution in [3.63, 3.8) is 0 Å². The first-order chi connectivity index (χ1) is 16.4. The predicted molar refractivity (Wildman–Crippen MR) is 135 cm³/mol. The zero-order chi connectivity index (χ0) is 25.9. The molecule has 35 heavy (non-hydrogen) atoms. The van der Waals surface area contributed by atoms with E-state index >= 15 is 0 Å². The number of carbonyl (C=O) groups excluding carboxylic acids is 2. The van der Waals surface area contributed by atoms with Gasteiger partial charge in [0.15, 0.2) is 0 Å². The molecule has 0 radical (unpaired) electrons. The van der Waals surface area contributed by atoms with E-state index in [9.17, 15) is 24.6 Å². The van der Waals surface area contributed by atoms with Crippen LogP contribution in [0.2, 0.25) is 0 Å². The summed E-state index contributed by atoms with van der Waals surface area (Å²) in [5.41, 5.74) is 1.09. The minimum absolute atomic E-state index is 0.00862. The molecule has 0 aromatic carbocycles. The van der Waals surface area contributed by atoms with Crippen molar-refractivity contribution in [2.75, 3.05) is 19.7 Å². The topological polar surface area (TPSA) is 94.9 Å². The van der Waals surface area contributed by atoms with Gasteiger partial charge in [-0.15, -0.1) is 0 Å². The number of carboxylic acid groups (broad SMARTS) is 1. The van der Waals surface area contributed by atoms with Crippen molar-refractivity contribution in [1.82, 2.24) is 4.90 Å². The maximum Gasteiger partial charge on any atom is 0.332 e. The number of aliphatic carboxylic acids is 1. The summed E-state index contributed by atoms with van der Waals surface area (Å²) in [6.45, 7) is 11.0. The number of carboxylic acids is 1. The molecular weight excluding hydrogens is 442 g/mol. The molecule has 1 unspecified atom stereocenters. The number of aliphatic hydroxyl groups excluding tert-OH is 1. The molecule has 1 heterocycles. The Kier molecular flexibility index (Phi) is 8.64. The van der Waals surface area contributed by atoms with Crippen LogP contribution in [0.5, 0.6) is 0 Å². The average Bonchev–Trinajstić information content (AvgIpc) is 3.45. The van der Waals surface area contributed by atoms with E-state index in [4.69, 9.17) is 0 Å². The highest BCUT2D eigenvalue weighted by Gasteiger charge is 2.42. The Bertz CT molecular complexity index is 965. The number of hydrogen-bond acceptors (Lipinski definition) is 4. The second kappa shape index (κ2) is 11.1. The van der Waals surface area contributed by atoms with Gasteiger partial charge in [-0.05, 0) is 57.6 Å². The van der Waals surface area contributed by atoms with E-state index in [-0.39, 0.29) is 47.5 Å². The Balaban J connectivity index is 1.98. The predicted octanol–water partition coefficient (Wildman–Crippen LogP) is 4.24. The van der Waals surface area contributed by atoms with Crippen molar-refractivity contribution < 1.29 is 24.6 Å². The molecule has 3 aliphatic rings. The summed E-state index contributed by atoms with van der Waals surface area (Å²) >= 11 is 0. The summed E-state index contributed by atoms with van der Waals surface area (Å²) in [6.07, 6.45) is 6.19. The van der Waals surface area contributed by atoms with E-state index in [0.717, 1.165) is 32.1 Å². The van der Waals surface area contributed by atoms with Gasteiger partial charge >= 0.3 is 5.97 Å². The molecule has 0 aromatic heterocycles. The Labute approximate surface area is 209 Å². The van der Waals surface area contributed by atoms with E-state index < -0.39 is 17.8 Å². The van der Waals surface area contributed by atoms with Crippen LogP contribution >= 0.6 is 0 Å². The van der Waals surface area contributed by atoms with Crippen LogP contribution in [0, 0.1) is 46.8 Å². The molecule has 1 saturated carbocycles. The zero-order valence-electron chi connectivity index (χ0n) is 21.9. The molecule has 6 nitrogen and oxygen atoms in total. The van der Waals surface area contributed by atoms with Crippen molar-refractivity contribution in [3.05, 3.63) is 22.8 Å². The quantitative estimate of drug-likeness (QED) is 0.528.